The molecular formula is C20H29NO3. The lowest BCUT2D eigenvalue weighted by Crippen LogP contribution is -2.47. The molecule has 0 bridgehead atoms. The van der Waals surface area contributed by atoms with Gasteiger partial charge in [0, 0.05) is 34.2 Å². The quantitative estimate of drug-likeness (QED) is 0.845. The Bertz CT molecular complexity index is 801. The molecule has 1 saturated heterocycles. The van der Waals surface area contributed by atoms with Gasteiger partial charge in [-0.2, -0.15) is 0 Å². The highest BCUT2D eigenvalue weighted by Gasteiger charge is 2.39. The van der Waals surface area contributed by atoms with E-state index in [2.05, 4.69) is 0 Å². The molecule has 1 fully saturated rings. The summed E-state index contributed by atoms with van der Waals surface area (Å²) in [5.41, 5.74) is 1.51. The van der Waals surface area contributed by atoms with E-state index in [4.69, 9.17) is 16.3 Å². The van der Waals surface area contributed by atoms with E-state index in [1.807, 2.05) is 20.8 Å². The van der Waals surface area contributed by atoms with Gasteiger partial charge in [0.15, 0.2) is 11.5 Å². The first-order chi connectivity index (χ1) is 13.2. The van der Waals surface area contributed by atoms with Crippen LogP contribution < -0.4 is 9.47 Å². The van der Waals surface area contributed by atoms with Crippen LogP contribution in [0.25, 0.3) is 0 Å². The van der Waals surface area contributed by atoms with Crippen molar-refractivity contribution in [2.75, 3.05) is 27.2 Å². The van der Waals surface area contributed by atoms with E-state index in [-0.39, 0.29) is 29.1 Å². The van der Waals surface area contributed by atoms with Crippen LogP contribution >= 0.6 is 0 Å². The first kappa shape index (κ1) is 11.9. The molecule has 0 spiro atoms. The molecule has 2 aliphatic rings. The third-order valence-corrected chi connectivity index (χ3v) is 4.81. The van der Waals surface area contributed by atoms with Gasteiger partial charge in [0.1, 0.15) is 5.78 Å². The third-order valence-electron chi connectivity index (χ3n) is 4.81. The van der Waals surface area contributed by atoms with E-state index >= 15 is 0 Å². The summed E-state index contributed by atoms with van der Waals surface area (Å²) >= 11 is 0. The molecule has 0 aliphatic carbocycles. The molecule has 2 aliphatic heterocycles. The minimum absolute atomic E-state index is 0.0687. The van der Waals surface area contributed by atoms with Crippen LogP contribution in [0, 0.1) is 11.3 Å². The molecule has 0 radical (unpaired) electrons. The molecule has 0 aromatic heterocycles. The molecule has 1 aromatic carbocycles. The van der Waals surface area contributed by atoms with Crippen molar-refractivity contribution in [1.29, 1.82) is 0 Å². The fraction of sp³-hybridized carbons (Fsp3) is 0.650. The summed E-state index contributed by atoms with van der Waals surface area (Å²) in [5, 5.41) is 0. The fourth-order valence-electron chi connectivity index (χ4n) is 3.70. The lowest BCUT2D eigenvalue weighted by Gasteiger charge is -2.44. The molecule has 3 rings (SSSR count). The first-order valence-electron chi connectivity index (χ1n) is 10.9. The summed E-state index contributed by atoms with van der Waals surface area (Å²) in [6.45, 7) is 4.77. The summed E-state index contributed by atoms with van der Waals surface area (Å²) in [7, 11) is -1.17. The van der Waals surface area contributed by atoms with Crippen molar-refractivity contribution in [3.8, 4) is 11.5 Å². The van der Waals surface area contributed by atoms with Crippen LogP contribution in [0.15, 0.2) is 12.1 Å². The van der Waals surface area contributed by atoms with Gasteiger partial charge in [0.25, 0.3) is 0 Å². The molecule has 24 heavy (non-hydrogen) atoms. The van der Waals surface area contributed by atoms with Gasteiger partial charge < -0.3 is 9.47 Å². The number of fused-ring (bicyclic) bond motifs is 3. The molecule has 0 saturated carbocycles. The van der Waals surface area contributed by atoms with Gasteiger partial charge in [-0.05, 0) is 41.5 Å². The van der Waals surface area contributed by atoms with E-state index < -0.39 is 25.5 Å². The SMILES string of the molecule is [2H]C([2H])([2H])Oc1cc2c(cc1OC)[C@@H]1CC(=O)[C@@H](CC(C)(C)C)C([2H])([2H])N1CC2. The fourth-order valence-corrected chi connectivity index (χ4v) is 3.70. The number of hydrogen-bond acceptors (Lipinski definition) is 4. The molecule has 2 heterocycles. The second-order valence-electron chi connectivity index (χ2n) is 7.88. The van der Waals surface area contributed by atoms with Crippen molar-refractivity contribution >= 4 is 5.78 Å². The van der Waals surface area contributed by atoms with Crippen LogP contribution in [0.1, 0.15) is 57.6 Å². The number of rotatable bonds is 3. The normalized spacial score (nSPS) is 30.0. The highest BCUT2D eigenvalue weighted by molar-refractivity contribution is 5.83. The maximum atomic E-state index is 13.0. The van der Waals surface area contributed by atoms with E-state index in [0.29, 0.717) is 19.4 Å². The zero-order valence-corrected chi connectivity index (χ0v) is 14.8. The molecule has 4 nitrogen and oxygen atoms in total. The van der Waals surface area contributed by atoms with Gasteiger partial charge in [-0.3, -0.25) is 9.69 Å². The molecule has 0 amide bonds. The van der Waals surface area contributed by atoms with Crippen LogP contribution in [0.4, 0.5) is 0 Å². The van der Waals surface area contributed by atoms with Crippen molar-refractivity contribution in [3.63, 3.8) is 0 Å². The maximum Gasteiger partial charge on any atom is 0.161 e. The monoisotopic (exact) mass is 336 g/mol. The first-order valence-corrected chi connectivity index (χ1v) is 8.42. The Morgan fingerprint density at radius 2 is 2.08 bits per heavy atom. The molecular weight excluding hydrogens is 302 g/mol. The van der Waals surface area contributed by atoms with Crippen LogP contribution in [0.2, 0.25) is 0 Å². The number of ether oxygens (including phenoxy) is 2. The van der Waals surface area contributed by atoms with Gasteiger partial charge in [0.2, 0.25) is 0 Å². The summed E-state index contributed by atoms with van der Waals surface area (Å²) in [6, 6.07) is 2.95. The van der Waals surface area contributed by atoms with Crippen molar-refractivity contribution in [1.82, 2.24) is 4.90 Å². The molecule has 132 valence electrons. The standard InChI is InChI=1S/C20H29NO3/c1-20(2,3)11-14-12-21-7-6-13-8-18(23-4)19(24-5)9-15(13)16(21)10-17(14)22/h8-9,14,16H,6-7,10-12H2,1-5H3/t14-,16-/m0/s1/i4D3,12D2. The molecule has 0 unspecified atom stereocenters. The van der Waals surface area contributed by atoms with Crippen LogP contribution in [-0.2, 0) is 11.2 Å². The number of piperidine rings is 1. The van der Waals surface area contributed by atoms with Gasteiger partial charge in [-0.15, -0.1) is 0 Å². The van der Waals surface area contributed by atoms with E-state index in [9.17, 15) is 4.79 Å². The molecule has 0 N–H and O–H groups in total. The van der Waals surface area contributed by atoms with E-state index in [1.54, 1.807) is 17.0 Å². The largest absolute Gasteiger partial charge is 0.493 e. The van der Waals surface area contributed by atoms with Gasteiger partial charge in [-0.1, -0.05) is 20.8 Å². The van der Waals surface area contributed by atoms with Crippen molar-refractivity contribution in [2.45, 2.75) is 46.1 Å². The average Bonchev–Trinajstić information content (AvgIpc) is 2.55. The number of methoxy groups -OCH3 is 2. The van der Waals surface area contributed by atoms with Crippen LogP contribution in [0.3, 0.4) is 0 Å². The van der Waals surface area contributed by atoms with E-state index in [0.717, 1.165) is 11.1 Å². The predicted octanol–water partition coefficient (Wildman–Crippen LogP) is 3.63. The molecule has 1 aromatic rings. The Morgan fingerprint density at radius 3 is 2.75 bits per heavy atom. The second kappa shape index (κ2) is 6.40. The lowest BCUT2D eigenvalue weighted by atomic mass is 9.76. The number of nitrogens with zero attached hydrogens (tertiary/aromatic N) is 1. The maximum absolute atomic E-state index is 13.0. The predicted molar refractivity (Wildman–Crippen MR) is 94.8 cm³/mol. The number of carbonyl (C=O) groups excluding carboxylic acids is 1. The van der Waals surface area contributed by atoms with Gasteiger partial charge >= 0.3 is 0 Å². The number of ketones is 1. The van der Waals surface area contributed by atoms with Gasteiger partial charge in [-0.25, -0.2) is 0 Å². The second-order valence-corrected chi connectivity index (χ2v) is 7.88. The highest BCUT2D eigenvalue weighted by Crippen LogP contribution is 2.43. The number of benzene rings is 1. The van der Waals surface area contributed by atoms with Crippen molar-refractivity contribution in [2.24, 2.45) is 11.3 Å². The summed E-state index contributed by atoms with van der Waals surface area (Å²) < 4.78 is 50.0. The number of Topliss-reactive ketones (excluding diaryl/α,β-unsaturated/α-hetero) is 1. The minimum atomic E-state index is -2.60. The topological polar surface area (TPSA) is 38.8 Å². The van der Waals surface area contributed by atoms with Crippen LogP contribution in [0.5, 0.6) is 11.5 Å². The van der Waals surface area contributed by atoms with E-state index in [1.165, 1.54) is 7.11 Å². The summed E-state index contributed by atoms with van der Waals surface area (Å²) in [4.78, 5) is 14.8. The Kier molecular flexibility index (Phi) is 3.17. The number of hydrogen-bond donors (Lipinski definition) is 0. The lowest BCUT2D eigenvalue weighted by molar-refractivity contribution is -0.130. The Hall–Kier alpha value is -1.55. The Morgan fingerprint density at radius 1 is 1.33 bits per heavy atom. The molecule has 4 heteroatoms. The number of carbonyl (C=O) groups is 1. The summed E-state index contributed by atoms with van der Waals surface area (Å²) in [6.07, 6.45) is 1.27. The van der Waals surface area contributed by atoms with Crippen molar-refractivity contribution < 1.29 is 21.1 Å². The van der Waals surface area contributed by atoms with Crippen LogP contribution in [-0.4, -0.2) is 37.9 Å². The average molecular weight is 336 g/mol. The van der Waals surface area contributed by atoms with Gasteiger partial charge in [0.05, 0.1) is 18.3 Å². The summed E-state index contributed by atoms with van der Waals surface area (Å²) in [5.74, 6) is -0.330. The highest BCUT2D eigenvalue weighted by atomic mass is 16.5. The Balaban J connectivity index is 1.99. The Labute approximate surface area is 152 Å². The third kappa shape index (κ3) is 3.30. The minimum Gasteiger partial charge on any atom is -0.493 e. The smallest absolute Gasteiger partial charge is 0.161 e. The zero-order chi connectivity index (χ0) is 21.8. The van der Waals surface area contributed by atoms with Crippen molar-refractivity contribution in [3.05, 3.63) is 23.3 Å². The molecule has 2 atom stereocenters. The zero-order valence-electron chi connectivity index (χ0n) is 19.8.